The van der Waals surface area contributed by atoms with Crippen LogP contribution in [0.2, 0.25) is 0 Å². The Kier molecular flexibility index (Phi) is 5.41. The number of ether oxygens (including phenoxy) is 1. The van der Waals surface area contributed by atoms with Crippen molar-refractivity contribution in [2.75, 3.05) is 26.2 Å². The van der Waals surface area contributed by atoms with Gasteiger partial charge in [-0.15, -0.1) is 10.2 Å². The van der Waals surface area contributed by atoms with E-state index in [1.807, 2.05) is 0 Å². The smallest absolute Gasteiger partial charge is 0.163 e. The Morgan fingerprint density at radius 3 is 2.91 bits per heavy atom. The minimum absolute atomic E-state index is 0.0400. The number of rotatable bonds is 6. The van der Waals surface area contributed by atoms with Crippen LogP contribution in [-0.2, 0) is 11.3 Å². The average Bonchev–Trinajstić information content (AvgIpc) is 3.09. The van der Waals surface area contributed by atoms with Gasteiger partial charge in [-0.1, -0.05) is 37.3 Å². The summed E-state index contributed by atoms with van der Waals surface area (Å²) in [7, 11) is 0. The van der Waals surface area contributed by atoms with E-state index in [1.54, 1.807) is 6.33 Å². The second-order valence-electron chi connectivity index (χ2n) is 6.24. The number of aromatic nitrogens is 3. The normalized spacial score (nSPS) is 20.5. The molecule has 5 nitrogen and oxygen atoms in total. The molecule has 0 N–H and O–H groups in total. The molecule has 5 heteroatoms. The molecule has 0 spiro atoms. The van der Waals surface area contributed by atoms with Crippen LogP contribution < -0.4 is 0 Å². The number of aryl methyl sites for hydroxylation is 1. The van der Waals surface area contributed by atoms with Crippen molar-refractivity contribution in [2.24, 2.45) is 0 Å². The third-order valence-corrected chi connectivity index (χ3v) is 4.67. The summed E-state index contributed by atoms with van der Waals surface area (Å²) < 4.78 is 7.99. The summed E-state index contributed by atoms with van der Waals surface area (Å²) >= 11 is 0. The van der Waals surface area contributed by atoms with Crippen LogP contribution in [0.1, 0.15) is 43.7 Å². The van der Waals surface area contributed by atoms with Gasteiger partial charge in [0.05, 0.1) is 6.61 Å². The van der Waals surface area contributed by atoms with Gasteiger partial charge in [-0.05, 0) is 31.4 Å². The summed E-state index contributed by atoms with van der Waals surface area (Å²) in [5.74, 6) is 1.53. The monoisotopic (exact) mass is 314 g/mol. The molecule has 0 aliphatic carbocycles. The van der Waals surface area contributed by atoms with Gasteiger partial charge >= 0.3 is 0 Å². The van der Waals surface area contributed by atoms with E-state index in [0.717, 1.165) is 45.0 Å². The van der Waals surface area contributed by atoms with Crippen LogP contribution >= 0.6 is 0 Å². The second kappa shape index (κ2) is 7.70. The lowest BCUT2D eigenvalue weighted by atomic mass is 9.97. The maximum atomic E-state index is 5.92. The predicted octanol–water partition coefficient (Wildman–Crippen LogP) is 2.87. The third kappa shape index (κ3) is 3.98. The van der Waals surface area contributed by atoms with E-state index in [9.17, 15) is 0 Å². The molecule has 124 valence electrons. The maximum Gasteiger partial charge on any atom is 0.163 e. The highest BCUT2D eigenvalue weighted by Gasteiger charge is 2.25. The molecule has 1 aliphatic rings. The van der Waals surface area contributed by atoms with Gasteiger partial charge in [-0.2, -0.15) is 0 Å². The summed E-state index contributed by atoms with van der Waals surface area (Å²) in [6, 6.07) is 10.8. The lowest BCUT2D eigenvalue weighted by molar-refractivity contribution is -0.0366. The fraction of sp³-hybridized carbons (Fsp3) is 0.556. The van der Waals surface area contributed by atoms with Crippen molar-refractivity contribution in [1.29, 1.82) is 0 Å². The van der Waals surface area contributed by atoms with Crippen molar-refractivity contribution in [3.63, 3.8) is 0 Å². The Hall–Kier alpha value is -1.72. The molecule has 1 aliphatic heterocycles. The molecule has 3 rings (SSSR count). The van der Waals surface area contributed by atoms with Gasteiger partial charge < -0.3 is 9.30 Å². The minimum Gasteiger partial charge on any atom is -0.368 e. The van der Waals surface area contributed by atoms with Gasteiger partial charge in [0.15, 0.2) is 5.82 Å². The number of benzene rings is 1. The quantitative estimate of drug-likeness (QED) is 0.822. The predicted molar refractivity (Wildman–Crippen MR) is 90.3 cm³/mol. The molecule has 0 amide bonds. The Balaban J connectivity index is 1.55. The molecule has 2 heterocycles. The molecule has 1 aromatic heterocycles. The van der Waals surface area contributed by atoms with Crippen molar-refractivity contribution in [3.8, 4) is 0 Å². The van der Waals surface area contributed by atoms with E-state index < -0.39 is 0 Å². The number of morpholine rings is 1. The zero-order chi connectivity index (χ0) is 16.1. The van der Waals surface area contributed by atoms with Crippen molar-refractivity contribution in [3.05, 3.63) is 48.0 Å². The second-order valence-corrected chi connectivity index (χ2v) is 6.24. The molecule has 2 aromatic rings. The van der Waals surface area contributed by atoms with Crippen LogP contribution in [0.5, 0.6) is 0 Å². The standard InChI is InChI=1S/C18H26N4O/c1-3-22-14-19-20-18(22)17-13-21(11-12-23-17)10-9-15(2)16-7-5-4-6-8-16/h4-8,14-15,17H,3,9-13H2,1-2H3. The molecule has 0 bridgehead atoms. The molecule has 2 unspecified atom stereocenters. The molecule has 23 heavy (non-hydrogen) atoms. The van der Waals surface area contributed by atoms with Crippen molar-refractivity contribution < 1.29 is 4.74 Å². The molecule has 1 fully saturated rings. The van der Waals surface area contributed by atoms with E-state index in [-0.39, 0.29) is 6.10 Å². The SMILES string of the molecule is CCn1cnnc1C1CN(CCC(C)c2ccccc2)CCO1. The Bertz CT molecular complexity index is 598. The maximum absolute atomic E-state index is 5.92. The summed E-state index contributed by atoms with van der Waals surface area (Å²) in [5, 5.41) is 8.27. The van der Waals surface area contributed by atoms with Gasteiger partial charge in [0.1, 0.15) is 12.4 Å². The van der Waals surface area contributed by atoms with Crippen LogP contribution in [0.3, 0.4) is 0 Å². The number of hydrogen-bond donors (Lipinski definition) is 0. The number of nitrogens with zero attached hydrogens (tertiary/aromatic N) is 4. The van der Waals surface area contributed by atoms with E-state index in [2.05, 4.69) is 63.8 Å². The first-order chi connectivity index (χ1) is 11.3. The summed E-state index contributed by atoms with van der Waals surface area (Å²) in [6.07, 6.45) is 2.99. The number of hydrogen-bond acceptors (Lipinski definition) is 4. The van der Waals surface area contributed by atoms with Crippen molar-refractivity contribution in [1.82, 2.24) is 19.7 Å². The van der Waals surface area contributed by atoms with Crippen LogP contribution in [0.25, 0.3) is 0 Å². The molecule has 1 aromatic carbocycles. The highest BCUT2D eigenvalue weighted by Crippen LogP contribution is 2.23. The summed E-state index contributed by atoms with van der Waals surface area (Å²) in [6.45, 7) is 9.05. The topological polar surface area (TPSA) is 43.2 Å². The first-order valence-electron chi connectivity index (χ1n) is 8.54. The van der Waals surface area contributed by atoms with Crippen LogP contribution in [0, 0.1) is 0 Å². The van der Waals surface area contributed by atoms with Gasteiger partial charge in [0.2, 0.25) is 0 Å². The Morgan fingerprint density at radius 1 is 1.30 bits per heavy atom. The van der Waals surface area contributed by atoms with Gasteiger partial charge in [0.25, 0.3) is 0 Å². The van der Waals surface area contributed by atoms with Crippen LogP contribution in [0.15, 0.2) is 36.7 Å². The van der Waals surface area contributed by atoms with Crippen LogP contribution in [-0.4, -0.2) is 45.9 Å². The van der Waals surface area contributed by atoms with Gasteiger partial charge in [-0.3, -0.25) is 4.90 Å². The highest BCUT2D eigenvalue weighted by molar-refractivity contribution is 5.18. The lowest BCUT2D eigenvalue weighted by Crippen LogP contribution is -2.40. The molecule has 1 saturated heterocycles. The molecule has 2 atom stereocenters. The Morgan fingerprint density at radius 2 is 2.13 bits per heavy atom. The third-order valence-electron chi connectivity index (χ3n) is 4.67. The van der Waals surface area contributed by atoms with E-state index in [1.165, 1.54) is 5.56 Å². The first-order valence-corrected chi connectivity index (χ1v) is 8.54. The van der Waals surface area contributed by atoms with Crippen molar-refractivity contribution >= 4 is 0 Å². The van der Waals surface area contributed by atoms with Gasteiger partial charge in [-0.25, -0.2) is 0 Å². The van der Waals surface area contributed by atoms with Crippen LogP contribution in [0.4, 0.5) is 0 Å². The molecule has 0 radical (unpaired) electrons. The lowest BCUT2D eigenvalue weighted by Gasteiger charge is -2.33. The molecular formula is C18H26N4O. The van der Waals surface area contributed by atoms with E-state index in [4.69, 9.17) is 4.74 Å². The van der Waals surface area contributed by atoms with Crippen molar-refractivity contribution in [2.45, 2.75) is 38.8 Å². The van der Waals surface area contributed by atoms with E-state index in [0.29, 0.717) is 5.92 Å². The highest BCUT2D eigenvalue weighted by atomic mass is 16.5. The molecule has 0 saturated carbocycles. The average molecular weight is 314 g/mol. The first kappa shape index (κ1) is 16.1. The minimum atomic E-state index is 0.0400. The Labute approximate surface area is 138 Å². The zero-order valence-electron chi connectivity index (χ0n) is 14.1. The zero-order valence-corrected chi connectivity index (χ0v) is 14.1. The fourth-order valence-electron chi connectivity index (χ4n) is 3.14. The summed E-state index contributed by atoms with van der Waals surface area (Å²) in [5.41, 5.74) is 1.42. The largest absolute Gasteiger partial charge is 0.368 e. The van der Waals surface area contributed by atoms with Gasteiger partial charge in [0, 0.05) is 19.6 Å². The fourth-order valence-corrected chi connectivity index (χ4v) is 3.14. The molecular weight excluding hydrogens is 288 g/mol. The van der Waals surface area contributed by atoms with E-state index >= 15 is 0 Å². The summed E-state index contributed by atoms with van der Waals surface area (Å²) in [4.78, 5) is 2.49.